The van der Waals surface area contributed by atoms with Crippen molar-refractivity contribution in [2.75, 3.05) is 5.32 Å². The smallest absolute Gasteiger partial charge is 0.257 e. The summed E-state index contributed by atoms with van der Waals surface area (Å²) in [4.78, 5) is 12.0. The van der Waals surface area contributed by atoms with Crippen LogP contribution in [0.25, 0.3) is 0 Å². The number of rotatable bonds is 6. The second-order valence-corrected chi connectivity index (χ2v) is 7.63. The maximum atomic E-state index is 14.2. The van der Waals surface area contributed by atoms with Crippen LogP contribution in [-0.2, 0) is 10.0 Å². The quantitative estimate of drug-likeness (QED) is 0.795. The Morgan fingerprint density at radius 3 is 2.52 bits per heavy atom. The van der Waals surface area contributed by atoms with Crippen LogP contribution in [-0.4, -0.2) is 20.4 Å². The first kappa shape index (κ1) is 19.4. The molecule has 0 unspecified atom stereocenters. The molecule has 0 aliphatic carbocycles. The molecular weight excluding hydrogens is 367 g/mol. The van der Waals surface area contributed by atoms with Crippen molar-refractivity contribution < 1.29 is 17.6 Å². The SMILES string of the molecule is CC[C@@H](C)NS(=O)(=O)c1ccc(NC(=O)c2ccccc2Cl)c(F)c1. The number of hydrogen-bond acceptors (Lipinski definition) is 3. The average molecular weight is 385 g/mol. The van der Waals surface area contributed by atoms with Gasteiger partial charge >= 0.3 is 0 Å². The molecule has 2 aromatic carbocycles. The fourth-order valence-electron chi connectivity index (χ4n) is 2.02. The molecule has 0 aliphatic heterocycles. The second-order valence-electron chi connectivity index (χ2n) is 5.51. The summed E-state index contributed by atoms with van der Waals surface area (Å²) in [5, 5.41) is 2.62. The average Bonchev–Trinajstić information content (AvgIpc) is 2.56. The van der Waals surface area contributed by atoms with Gasteiger partial charge in [-0.05, 0) is 43.7 Å². The summed E-state index contributed by atoms with van der Waals surface area (Å²) < 4.78 is 41.0. The number of hydrogen-bond donors (Lipinski definition) is 2. The monoisotopic (exact) mass is 384 g/mol. The zero-order valence-electron chi connectivity index (χ0n) is 13.7. The van der Waals surface area contributed by atoms with E-state index in [1.165, 1.54) is 18.2 Å². The van der Waals surface area contributed by atoms with E-state index in [0.29, 0.717) is 6.42 Å². The van der Waals surface area contributed by atoms with E-state index in [-0.39, 0.29) is 27.2 Å². The molecule has 0 bridgehead atoms. The van der Waals surface area contributed by atoms with Crippen molar-refractivity contribution in [3.05, 3.63) is 58.9 Å². The number of halogens is 2. The number of nitrogens with one attached hydrogen (secondary N) is 2. The van der Waals surface area contributed by atoms with Crippen molar-refractivity contribution >= 4 is 33.2 Å². The van der Waals surface area contributed by atoms with Gasteiger partial charge in [0.1, 0.15) is 5.82 Å². The van der Waals surface area contributed by atoms with Gasteiger partial charge in [-0.25, -0.2) is 17.5 Å². The van der Waals surface area contributed by atoms with E-state index in [1.54, 1.807) is 25.1 Å². The van der Waals surface area contributed by atoms with E-state index in [9.17, 15) is 17.6 Å². The molecule has 0 radical (unpaired) electrons. The maximum absolute atomic E-state index is 14.2. The number of anilines is 1. The minimum Gasteiger partial charge on any atom is -0.319 e. The van der Waals surface area contributed by atoms with Crippen molar-refractivity contribution in [1.82, 2.24) is 4.72 Å². The third kappa shape index (κ3) is 4.78. The first-order valence-electron chi connectivity index (χ1n) is 7.62. The molecule has 25 heavy (non-hydrogen) atoms. The fraction of sp³-hybridized carbons (Fsp3) is 0.235. The highest BCUT2D eigenvalue weighted by Gasteiger charge is 2.19. The third-order valence-electron chi connectivity index (χ3n) is 3.59. The first-order valence-corrected chi connectivity index (χ1v) is 9.48. The Morgan fingerprint density at radius 1 is 1.24 bits per heavy atom. The molecule has 2 N–H and O–H groups in total. The summed E-state index contributed by atoms with van der Waals surface area (Å²) in [7, 11) is -3.82. The van der Waals surface area contributed by atoms with Gasteiger partial charge in [0, 0.05) is 6.04 Å². The van der Waals surface area contributed by atoms with Gasteiger partial charge in [-0.15, -0.1) is 0 Å². The summed E-state index contributed by atoms with van der Waals surface area (Å²) in [6.07, 6.45) is 0.605. The Labute approximate surface area is 151 Å². The lowest BCUT2D eigenvalue weighted by Crippen LogP contribution is -2.32. The standard InChI is InChI=1S/C17H18ClFN2O3S/c1-3-11(2)21-25(23,24)12-8-9-16(15(19)10-12)20-17(22)13-6-4-5-7-14(13)18/h4-11,21H,3H2,1-2H3,(H,20,22)/t11-/m1/s1. The first-order chi connectivity index (χ1) is 11.7. The van der Waals surface area contributed by atoms with Gasteiger partial charge in [0.2, 0.25) is 10.0 Å². The number of benzene rings is 2. The fourth-order valence-corrected chi connectivity index (χ4v) is 3.58. The molecule has 2 rings (SSSR count). The van der Waals surface area contributed by atoms with Crippen LogP contribution in [0.3, 0.4) is 0 Å². The summed E-state index contributed by atoms with van der Waals surface area (Å²) in [5.74, 6) is -1.44. The van der Waals surface area contributed by atoms with Crippen LogP contribution in [0.2, 0.25) is 5.02 Å². The van der Waals surface area contributed by atoms with Crippen LogP contribution in [0, 0.1) is 5.82 Å². The van der Waals surface area contributed by atoms with Crippen molar-refractivity contribution in [1.29, 1.82) is 0 Å². The van der Waals surface area contributed by atoms with Gasteiger partial charge in [0.25, 0.3) is 5.91 Å². The van der Waals surface area contributed by atoms with Crippen LogP contribution < -0.4 is 10.0 Å². The van der Waals surface area contributed by atoms with Gasteiger partial charge in [-0.2, -0.15) is 0 Å². The molecule has 5 nitrogen and oxygen atoms in total. The largest absolute Gasteiger partial charge is 0.319 e. The predicted molar refractivity (Wildman–Crippen MR) is 95.9 cm³/mol. The Hall–Kier alpha value is -1.96. The molecule has 0 aromatic heterocycles. The third-order valence-corrected chi connectivity index (χ3v) is 5.50. The van der Waals surface area contributed by atoms with Gasteiger partial charge < -0.3 is 5.32 Å². The normalized spacial score (nSPS) is 12.6. The van der Waals surface area contributed by atoms with Crippen LogP contribution >= 0.6 is 11.6 Å². The predicted octanol–water partition coefficient (Wildman–Crippen LogP) is 3.81. The molecule has 2 aromatic rings. The molecule has 0 aliphatic rings. The molecule has 0 heterocycles. The zero-order chi connectivity index (χ0) is 18.6. The van der Waals surface area contributed by atoms with Crippen LogP contribution in [0.5, 0.6) is 0 Å². The Balaban J connectivity index is 2.23. The molecule has 0 spiro atoms. The minimum absolute atomic E-state index is 0.132. The van der Waals surface area contributed by atoms with E-state index in [1.807, 2.05) is 6.92 Å². The zero-order valence-corrected chi connectivity index (χ0v) is 15.3. The van der Waals surface area contributed by atoms with Crippen molar-refractivity contribution in [2.24, 2.45) is 0 Å². The molecular formula is C17H18ClFN2O3S. The van der Waals surface area contributed by atoms with E-state index >= 15 is 0 Å². The van der Waals surface area contributed by atoms with E-state index < -0.39 is 21.7 Å². The van der Waals surface area contributed by atoms with Gasteiger partial charge in [-0.1, -0.05) is 30.7 Å². The molecule has 8 heteroatoms. The van der Waals surface area contributed by atoms with Gasteiger partial charge in [0.15, 0.2) is 0 Å². The Morgan fingerprint density at radius 2 is 1.92 bits per heavy atom. The molecule has 134 valence electrons. The molecule has 1 amide bonds. The van der Waals surface area contributed by atoms with Crippen molar-refractivity contribution in [2.45, 2.75) is 31.2 Å². The highest BCUT2D eigenvalue weighted by Crippen LogP contribution is 2.22. The summed E-state index contributed by atoms with van der Waals surface area (Å²) in [6.45, 7) is 3.55. The Kier molecular flexibility index (Phi) is 6.16. The highest BCUT2D eigenvalue weighted by atomic mass is 35.5. The van der Waals surface area contributed by atoms with Crippen LogP contribution in [0.15, 0.2) is 47.4 Å². The summed E-state index contributed by atoms with van der Waals surface area (Å²) in [6, 6.07) is 9.38. The lowest BCUT2D eigenvalue weighted by Gasteiger charge is -2.13. The number of amides is 1. The lowest BCUT2D eigenvalue weighted by molar-refractivity contribution is 0.102. The molecule has 0 fully saturated rings. The summed E-state index contributed by atoms with van der Waals surface area (Å²) >= 11 is 5.93. The molecule has 1 atom stereocenters. The van der Waals surface area contributed by atoms with Gasteiger partial charge in [0.05, 0.1) is 21.2 Å². The lowest BCUT2D eigenvalue weighted by atomic mass is 10.2. The van der Waals surface area contributed by atoms with Gasteiger partial charge in [-0.3, -0.25) is 4.79 Å². The number of carbonyl (C=O) groups excluding carboxylic acids is 1. The number of sulfonamides is 1. The highest BCUT2D eigenvalue weighted by molar-refractivity contribution is 7.89. The van der Waals surface area contributed by atoms with Crippen molar-refractivity contribution in [3.8, 4) is 0 Å². The second kappa shape index (κ2) is 7.95. The van der Waals surface area contributed by atoms with Crippen LogP contribution in [0.4, 0.5) is 10.1 Å². The number of carbonyl (C=O) groups is 1. The van der Waals surface area contributed by atoms with Crippen molar-refractivity contribution in [3.63, 3.8) is 0 Å². The maximum Gasteiger partial charge on any atom is 0.257 e. The van der Waals surface area contributed by atoms with E-state index in [2.05, 4.69) is 10.0 Å². The molecule has 0 saturated heterocycles. The van der Waals surface area contributed by atoms with E-state index in [0.717, 1.165) is 6.07 Å². The Bertz CT molecular complexity index is 887. The minimum atomic E-state index is -3.82. The summed E-state index contributed by atoms with van der Waals surface area (Å²) in [5.41, 5.74) is 0.0612. The van der Waals surface area contributed by atoms with Crippen LogP contribution in [0.1, 0.15) is 30.6 Å². The topological polar surface area (TPSA) is 75.3 Å². The molecule has 0 saturated carbocycles. The van der Waals surface area contributed by atoms with E-state index in [4.69, 9.17) is 11.6 Å².